The average molecular weight is 322 g/mol. The third-order valence-corrected chi connectivity index (χ3v) is 5.72. The van der Waals surface area contributed by atoms with Crippen molar-refractivity contribution in [2.24, 2.45) is 0 Å². The quantitative estimate of drug-likeness (QED) is 0.806. The molecule has 0 bridgehead atoms. The molecule has 1 heterocycles. The van der Waals surface area contributed by atoms with E-state index >= 15 is 0 Å². The van der Waals surface area contributed by atoms with Crippen LogP contribution in [-0.4, -0.2) is 9.41 Å². The molecule has 0 aliphatic carbocycles. The Kier molecular flexibility index (Phi) is 2.38. The molecule has 1 aliphatic heterocycles. The Balaban J connectivity index is 2.61. The van der Waals surface area contributed by atoms with Gasteiger partial charge in [-0.3, -0.25) is 0 Å². The van der Waals surface area contributed by atoms with Crippen LogP contribution < -0.4 is 0 Å². The summed E-state index contributed by atoms with van der Waals surface area (Å²) in [7, 11) is 0. The van der Waals surface area contributed by atoms with Gasteiger partial charge in [-0.15, -0.1) is 0 Å². The standard InChI is InChI=1S/C10H11IO4/c1-6(2)7-3-4-9-8(5-7)10(12)15-11(9,13)14/h3-6H,1-2H3,(H,13,14). The molecule has 1 aromatic rings. The summed E-state index contributed by atoms with van der Waals surface area (Å²) in [5, 5.41) is 0. The molecular weight excluding hydrogens is 311 g/mol. The van der Waals surface area contributed by atoms with Gasteiger partial charge in [-0.25, -0.2) is 0 Å². The van der Waals surface area contributed by atoms with Crippen LogP contribution in [0.3, 0.4) is 0 Å². The molecule has 82 valence electrons. The minimum atomic E-state index is -4.61. The molecule has 4 nitrogen and oxygen atoms in total. The predicted molar refractivity (Wildman–Crippen MR) is 61.6 cm³/mol. The Morgan fingerprint density at radius 1 is 1.40 bits per heavy atom. The van der Waals surface area contributed by atoms with Crippen molar-refractivity contribution in [1.82, 2.24) is 0 Å². The third kappa shape index (κ3) is 1.69. The fourth-order valence-electron chi connectivity index (χ4n) is 1.44. The van der Waals surface area contributed by atoms with Gasteiger partial charge in [0.25, 0.3) is 0 Å². The fourth-order valence-corrected chi connectivity index (χ4v) is 4.21. The van der Waals surface area contributed by atoms with Crippen LogP contribution in [0.1, 0.15) is 35.7 Å². The van der Waals surface area contributed by atoms with E-state index in [1.165, 1.54) is 6.07 Å². The first-order valence-electron chi connectivity index (χ1n) is 4.51. The van der Waals surface area contributed by atoms with Gasteiger partial charge in [0.2, 0.25) is 0 Å². The van der Waals surface area contributed by atoms with Gasteiger partial charge in [-0.1, -0.05) is 0 Å². The Labute approximate surface area is 92.2 Å². The van der Waals surface area contributed by atoms with Gasteiger partial charge in [0.15, 0.2) is 0 Å². The van der Waals surface area contributed by atoms with Gasteiger partial charge in [0, 0.05) is 0 Å². The monoisotopic (exact) mass is 322 g/mol. The summed E-state index contributed by atoms with van der Waals surface area (Å²) in [6, 6.07) is 4.93. The van der Waals surface area contributed by atoms with Crippen LogP contribution >= 0.6 is 19.3 Å². The maximum atomic E-state index is 11.5. The van der Waals surface area contributed by atoms with Crippen LogP contribution in [-0.2, 0) is 6.14 Å². The van der Waals surface area contributed by atoms with Gasteiger partial charge in [-0.2, -0.15) is 0 Å². The zero-order valence-corrected chi connectivity index (χ0v) is 10.5. The molecule has 5 heteroatoms. The Bertz CT molecular complexity index is 478. The van der Waals surface area contributed by atoms with E-state index in [-0.39, 0.29) is 15.1 Å². The molecule has 0 amide bonds. The van der Waals surface area contributed by atoms with Gasteiger partial charge in [0.1, 0.15) is 0 Å². The number of carbonyl (C=O) groups is 1. The Morgan fingerprint density at radius 3 is 2.67 bits per heavy atom. The first kappa shape index (κ1) is 10.7. The zero-order chi connectivity index (χ0) is 11.2. The second kappa shape index (κ2) is 3.34. The Hall–Kier alpha value is -0.820. The van der Waals surface area contributed by atoms with Crippen LogP contribution in [0.4, 0.5) is 0 Å². The number of benzene rings is 1. The van der Waals surface area contributed by atoms with Crippen LogP contribution in [0.15, 0.2) is 18.2 Å². The molecule has 0 saturated carbocycles. The molecule has 1 aliphatic rings. The summed E-state index contributed by atoms with van der Waals surface area (Å²) in [4.78, 5) is 11.3. The van der Waals surface area contributed by atoms with Gasteiger partial charge in [-0.05, 0) is 0 Å². The van der Waals surface area contributed by atoms with Crippen LogP contribution in [0, 0.1) is 3.57 Å². The fraction of sp³-hybridized carbons (Fsp3) is 0.300. The van der Waals surface area contributed by atoms with Gasteiger partial charge in [0.05, 0.1) is 0 Å². The van der Waals surface area contributed by atoms with E-state index in [2.05, 4.69) is 3.07 Å². The molecular formula is C10H11IO4. The molecule has 1 aromatic carbocycles. The van der Waals surface area contributed by atoms with Gasteiger partial charge >= 0.3 is 92.2 Å². The maximum absolute atomic E-state index is 11.5. The van der Waals surface area contributed by atoms with Crippen molar-refractivity contribution in [3.63, 3.8) is 0 Å². The SMILES string of the molecule is CC(C)c1ccc2c(c1)C(=O)OI2(=O)O. The minimum absolute atomic E-state index is 0.177. The first-order chi connectivity index (χ1) is 6.92. The summed E-state index contributed by atoms with van der Waals surface area (Å²) < 4.78 is 25.6. The second-order valence-electron chi connectivity index (χ2n) is 3.70. The Morgan fingerprint density at radius 2 is 2.07 bits per heavy atom. The third-order valence-electron chi connectivity index (χ3n) is 2.31. The number of fused-ring (bicyclic) bond motifs is 1. The number of hydrogen-bond acceptors (Lipinski definition) is 3. The molecule has 0 spiro atoms. The summed E-state index contributed by atoms with van der Waals surface area (Å²) in [5.74, 6) is -0.406. The topological polar surface area (TPSA) is 63.6 Å². The van der Waals surface area contributed by atoms with Crippen LogP contribution in [0.5, 0.6) is 0 Å². The van der Waals surface area contributed by atoms with Crippen molar-refractivity contribution < 1.29 is 14.4 Å². The van der Waals surface area contributed by atoms with Crippen molar-refractivity contribution in [2.45, 2.75) is 19.8 Å². The number of hydrogen-bond donors (Lipinski definition) is 1. The first-order valence-corrected chi connectivity index (χ1v) is 8.31. The van der Waals surface area contributed by atoms with Crippen molar-refractivity contribution in [3.8, 4) is 0 Å². The molecule has 2 rings (SSSR count). The summed E-state index contributed by atoms with van der Waals surface area (Å²) in [6.45, 7) is 3.98. The van der Waals surface area contributed by atoms with Crippen molar-refractivity contribution >= 4 is 25.2 Å². The van der Waals surface area contributed by atoms with E-state index in [9.17, 15) is 11.3 Å². The zero-order valence-electron chi connectivity index (χ0n) is 8.36. The van der Waals surface area contributed by atoms with E-state index in [4.69, 9.17) is 0 Å². The molecule has 0 radical (unpaired) electrons. The van der Waals surface area contributed by atoms with Crippen molar-refractivity contribution in [1.29, 1.82) is 0 Å². The molecule has 0 fully saturated rings. The number of rotatable bonds is 1. The van der Waals surface area contributed by atoms with E-state index in [1.807, 2.05) is 13.8 Å². The molecule has 1 N–H and O–H groups in total. The number of halogens is 1. The summed E-state index contributed by atoms with van der Waals surface area (Å²) in [6.07, 6.45) is 0. The van der Waals surface area contributed by atoms with Crippen LogP contribution in [0.2, 0.25) is 0 Å². The van der Waals surface area contributed by atoms with Gasteiger partial charge < -0.3 is 0 Å². The molecule has 0 aromatic heterocycles. The van der Waals surface area contributed by atoms with E-state index in [0.717, 1.165) is 5.56 Å². The molecule has 15 heavy (non-hydrogen) atoms. The number of carbonyl (C=O) groups excluding carboxylic acids is 1. The van der Waals surface area contributed by atoms with E-state index < -0.39 is 25.2 Å². The molecule has 1 atom stereocenters. The molecule has 0 saturated heterocycles. The predicted octanol–water partition coefficient (Wildman–Crippen LogP) is 2.36. The second-order valence-corrected chi connectivity index (χ2v) is 7.81. The normalized spacial score (nSPS) is 28.4. The van der Waals surface area contributed by atoms with Crippen molar-refractivity contribution in [2.75, 3.05) is 0 Å². The summed E-state index contributed by atoms with van der Waals surface area (Å²) in [5.41, 5.74) is 1.21. The van der Waals surface area contributed by atoms with E-state index in [1.54, 1.807) is 12.1 Å². The van der Waals surface area contributed by atoms with E-state index in [0.29, 0.717) is 0 Å². The van der Waals surface area contributed by atoms with Crippen molar-refractivity contribution in [3.05, 3.63) is 32.9 Å². The van der Waals surface area contributed by atoms with Crippen LogP contribution in [0.25, 0.3) is 0 Å². The summed E-state index contributed by atoms with van der Waals surface area (Å²) >= 11 is -4.61. The molecule has 1 unspecified atom stereocenters. The average Bonchev–Trinajstić information content (AvgIpc) is 2.37.